The van der Waals surface area contributed by atoms with Crippen LogP contribution >= 0.6 is 0 Å². The van der Waals surface area contributed by atoms with Gasteiger partial charge in [0.05, 0.1) is 0 Å². The van der Waals surface area contributed by atoms with Gasteiger partial charge in [0.2, 0.25) is 0 Å². The van der Waals surface area contributed by atoms with E-state index < -0.39 is 9.28 Å². The van der Waals surface area contributed by atoms with Crippen molar-refractivity contribution in [3.63, 3.8) is 0 Å². The van der Waals surface area contributed by atoms with E-state index in [1.54, 1.807) is 0 Å². The summed E-state index contributed by atoms with van der Waals surface area (Å²) >= 11 is 0. The van der Waals surface area contributed by atoms with Crippen LogP contribution in [0.4, 0.5) is 0 Å². The fraction of sp³-hybridized carbons (Fsp3) is 0.333. The zero-order valence-electron chi connectivity index (χ0n) is 9.40. The minimum atomic E-state index is -1.75. The second-order valence-electron chi connectivity index (χ2n) is 3.13. The molecule has 0 saturated heterocycles. The normalized spacial score (nSPS) is 10.6. The molecular formula is C12H18O2Si. The first kappa shape index (κ1) is 12.2. The van der Waals surface area contributed by atoms with Crippen molar-refractivity contribution in [2.24, 2.45) is 0 Å². The van der Waals surface area contributed by atoms with Crippen LogP contribution in [0, 0.1) is 0 Å². The largest absolute Gasteiger partial charge is 0.394 e. The van der Waals surface area contributed by atoms with E-state index >= 15 is 0 Å². The molecule has 0 spiro atoms. The summed E-state index contributed by atoms with van der Waals surface area (Å²) in [6, 6.07) is 10.1. The molecule has 1 aromatic rings. The number of benzene rings is 1. The van der Waals surface area contributed by atoms with E-state index in [4.69, 9.17) is 8.85 Å². The Hall–Kier alpha value is -0.903. The summed E-state index contributed by atoms with van der Waals surface area (Å²) in [4.78, 5) is 0. The van der Waals surface area contributed by atoms with E-state index in [0.29, 0.717) is 13.2 Å². The van der Waals surface area contributed by atoms with Crippen molar-refractivity contribution < 1.29 is 8.85 Å². The zero-order chi connectivity index (χ0) is 11.1. The van der Waals surface area contributed by atoms with Crippen molar-refractivity contribution in [1.82, 2.24) is 0 Å². The quantitative estimate of drug-likeness (QED) is 0.689. The average molecular weight is 222 g/mol. The molecule has 1 aromatic carbocycles. The van der Waals surface area contributed by atoms with Crippen LogP contribution in [0.3, 0.4) is 0 Å². The first-order chi connectivity index (χ1) is 7.29. The van der Waals surface area contributed by atoms with Gasteiger partial charge < -0.3 is 8.85 Å². The molecule has 0 saturated carbocycles. The van der Waals surface area contributed by atoms with Gasteiger partial charge in [0, 0.05) is 13.2 Å². The van der Waals surface area contributed by atoms with Crippen LogP contribution in [0.25, 0.3) is 5.20 Å². The molecule has 0 aliphatic heterocycles. The summed E-state index contributed by atoms with van der Waals surface area (Å²) in [6.45, 7) is 9.41. The van der Waals surface area contributed by atoms with E-state index in [-0.39, 0.29) is 0 Å². The lowest BCUT2D eigenvalue weighted by atomic mass is 10.2. The Bertz CT molecular complexity index is 292. The van der Waals surface area contributed by atoms with Crippen molar-refractivity contribution in [2.45, 2.75) is 13.8 Å². The Balaban J connectivity index is 2.71. The fourth-order valence-electron chi connectivity index (χ4n) is 1.34. The minimum absolute atomic E-state index is 0.683. The predicted molar refractivity (Wildman–Crippen MR) is 65.9 cm³/mol. The van der Waals surface area contributed by atoms with Crippen LogP contribution in [-0.4, -0.2) is 22.5 Å². The molecule has 0 aliphatic rings. The Morgan fingerprint density at radius 1 is 1.13 bits per heavy atom. The maximum absolute atomic E-state index is 5.62. The van der Waals surface area contributed by atoms with E-state index in [0.717, 1.165) is 10.8 Å². The first-order valence-electron chi connectivity index (χ1n) is 5.27. The molecule has 1 rings (SSSR count). The lowest BCUT2D eigenvalue weighted by molar-refractivity contribution is 0.226. The van der Waals surface area contributed by atoms with Crippen molar-refractivity contribution in [3.05, 3.63) is 42.5 Å². The third-order valence-corrected chi connectivity index (χ3v) is 4.24. The number of rotatable bonds is 6. The number of hydrogen-bond acceptors (Lipinski definition) is 2. The lowest BCUT2D eigenvalue weighted by Gasteiger charge is -2.17. The Morgan fingerprint density at radius 2 is 1.67 bits per heavy atom. The SMILES string of the molecule is C=C(c1ccccc1)[SiH](OCC)OCC. The number of hydrogen-bond donors (Lipinski definition) is 0. The molecule has 82 valence electrons. The van der Waals surface area contributed by atoms with Crippen LogP contribution < -0.4 is 0 Å². The van der Waals surface area contributed by atoms with E-state index in [1.807, 2.05) is 44.2 Å². The van der Waals surface area contributed by atoms with Gasteiger partial charge >= 0.3 is 9.28 Å². The van der Waals surface area contributed by atoms with Gasteiger partial charge in [-0.05, 0) is 24.6 Å². The summed E-state index contributed by atoms with van der Waals surface area (Å²) in [5, 5.41) is 1.01. The zero-order valence-corrected chi connectivity index (χ0v) is 10.6. The van der Waals surface area contributed by atoms with Crippen molar-refractivity contribution in [3.8, 4) is 0 Å². The molecule has 0 heterocycles. The van der Waals surface area contributed by atoms with Crippen LogP contribution in [0.1, 0.15) is 19.4 Å². The molecule has 0 unspecified atom stereocenters. The maximum atomic E-state index is 5.62. The second kappa shape index (κ2) is 6.56. The monoisotopic (exact) mass is 222 g/mol. The summed E-state index contributed by atoms with van der Waals surface area (Å²) in [5.74, 6) is 0. The third-order valence-electron chi connectivity index (χ3n) is 2.07. The van der Waals surface area contributed by atoms with Crippen molar-refractivity contribution in [1.29, 1.82) is 0 Å². The van der Waals surface area contributed by atoms with Gasteiger partial charge in [-0.15, -0.1) is 0 Å². The van der Waals surface area contributed by atoms with Crippen molar-refractivity contribution >= 4 is 14.5 Å². The van der Waals surface area contributed by atoms with Gasteiger partial charge in [-0.1, -0.05) is 36.9 Å². The summed E-state index contributed by atoms with van der Waals surface area (Å²) in [6.07, 6.45) is 0. The standard InChI is InChI=1S/C12H18O2Si/c1-4-13-15(14-5-2)11(3)12-9-7-6-8-10-12/h6-10,15H,3-5H2,1-2H3. The molecule has 0 bridgehead atoms. The smallest absolute Gasteiger partial charge is 0.355 e. The molecular weight excluding hydrogens is 204 g/mol. The summed E-state index contributed by atoms with van der Waals surface area (Å²) < 4.78 is 11.2. The Morgan fingerprint density at radius 3 is 2.13 bits per heavy atom. The molecule has 0 aromatic heterocycles. The van der Waals surface area contributed by atoms with Gasteiger partial charge in [0.15, 0.2) is 0 Å². The maximum Gasteiger partial charge on any atom is 0.355 e. The third kappa shape index (κ3) is 3.62. The van der Waals surface area contributed by atoms with Crippen LogP contribution in [-0.2, 0) is 8.85 Å². The molecule has 0 amide bonds. The molecule has 0 atom stereocenters. The molecule has 0 radical (unpaired) electrons. The highest BCUT2D eigenvalue weighted by molar-refractivity contribution is 6.67. The van der Waals surface area contributed by atoms with Crippen LogP contribution in [0.2, 0.25) is 0 Å². The first-order valence-corrected chi connectivity index (χ1v) is 6.79. The molecule has 0 N–H and O–H groups in total. The molecule has 0 fully saturated rings. The molecule has 0 aliphatic carbocycles. The Kier molecular flexibility index (Phi) is 5.32. The van der Waals surface area contributed by atoms with Gasteiger partial charge in [-0.2, -0.15) is 0 Å². The van der Waals surface area contributed by atoms with Gasteiger partial charge in [0.1, 0.15) is 0 Å². The highest BCUT2D eigenvalue weighted by Gasteiger charge is 2.17. The van der Waals surface area contributed by atoms with Crippen LogP contribution in [0.15, 0.2) is 36.9 Å². The predicted octanol–water partition coefficient (Wildman–Crippen LogP) is 2.53. The molecule has 15 heavy (non-hydrogen) atoms. The second-order valence-corrected chi connectivity index (χ2v) is 5.16. The average Bonchev–Trinajstić information content (AvgIpc) is 2.29. The highest BCUT2D eigenvalue weighted by Crippen LogP contribution is 2.16. The minimum Gasteiger partial charge on any atom is -0.394 e. The highest BCUT2D eigenvalue weighted by atomic mass is 28.3. The molecule has 2 nitrogen and oxygen atoms in total. The summed E-state index contributed by atoms with van der Waals surface area (Å²) in [5.41, 5.74) is 1.12. The van der Waals surface area contributed by atoms with E-state index in [9.17, 15) is 0 Å². The summed E-state index contributed by atoms with van der Waals surface area (Å²) in [7, 11) is -1.75. The molecule has 3 heteroatoms. The van der Waals surface area contributed by atoms with Gasteiger partial charge in [-0.3, -0.25) is 0 Å². The topological polar surface area (TPSA) is 18.5 Å². The Labute approximate surface area is 93.4 Å². The van der Waals surface area contributed by atoms with Gasteiger partial charge in [-0.25, -0.2) is 0 Å². The fourth-order valence-corrected chi connectivity index (χ4v) is 2.91. The van der Waals surface area contributed by atoms with Crippen LogP contribution in [0.5, 0.6) is 0 Å². The van der Waals surface area contributed by atoms with Gasteiger partial charge in [0.25, 0.3) is 0 Å². The van der Waals surface area contributed by atoms with E-state index in [1.165, 1.54) is 0 Å². The van der Waals surface area contributed by atoms with E-state index in [2.05, 4.69) is 6.58 Å². The lowest BCUT2D eigenvalue weighted by Crippen LogP contribution is -2.24. The van der Waals surface area contributed by atoms with Crippen molar-refractivity contribution in [2.75, 3.05) is 13.2 Å².